The molecule has 0 aliphatic carbocycles. The van der Waals surface area contributed by atoms with Crippen molar-refractivity contribution in [3.63, 3.8) is 0 Å². The normalized spacial score (nSPS) is 11.3. The third kappa shape index (κ3) is 3.15. The molecular formula is C31H25N2+. The minimum absolute atomic E-state index is 1.17. The molecule has 158 valence electrons. The molecule has 33 heavy (non-hydrogen) atoms. The fourth-order valence-electron chi connectivity index (χ4n) is 4.96. The van der Waals surface area contributed by atoms with Gasteiger partial charge in [0.2, 0.25) is 0 Å². The summed E-state index contributed by atoms with van der Waals surface area (Å²) in [5, 5.41) is 2.55. The van der Waals surface area contributed by atoms with Gasteiger partial charge in [-0.05, 0) is 64.7 Å². The number of para-hydroxylation sites is 3. The number of imidazole rings is 1. The van der Waals surface area contributed by atoms with E-state index in [1.807, 2.05) is 0 Å². The second kappa shape index (κ2) is 7.75. The van der Waals surface area contributed by atoms with Crippen LogP contribution in [0.3, 0.4) is 0 Å². The number of hydrogen-bond acceptors (Lipinski definition) is 0. The van der Waals surface area contributed by atoms with Crippen molar-refractivity contribution in [3.05, 3.63) is 121 Å². The van der Waals surface area contributed by atoms with E-state index in [4.69, 9.17) is 0 Å². The summed E-state index contributed by atoms with van der Waals surface area (Å²) < 4.78 is 4.70. The lowest BCUT2D eigenvalue weighted by Crippen LogP contribution is -2.30. The van der Waals surface area contributed by atoms with Gasteiger partial charge in [0.15, 0.2) is 11.0 Å². The molecule has 0 radical (unpaired) electrons. The average Bonchev–Trinajstić information content (AvgIpc) is 3.17. The van der Waals surface area contributed by atoms with Gasteiger partial charge < -0.3 is 0 Å². The molecule has 0 N–H and O–H groups in total. The summed E-state index contributed by atoms with van der Waals surface area (Å²) in [6.45, 7) is 2.20. The van der Waals surface area contributed by atoms with Gasteiger partial charge in [-0.3, -0.25) is 0 Å². The second-order valence-electron chi connectivity index (χ2n) is 8.60. The van der Waals surface area contributed by atoms with Crippen molar-refractivity contribution in [1.29, 1.82) is 0 Å². The Morgan fingerprint density at radius 2 is 1.36 bits per heavy atom. The summed E-state index contributed by atoms with van der Waals surface area (Å²) in [6, 6.07) is 41.3. The van der Waals surface area contributed by atoms with Crippen molar-refractivity contribution in [2.24, 2.45) is 7.05 Å². The standard InChI is InChI=1S/C31H25N2/c1-22-19-20-24(27-16-10-12-23-11-6-7-15-26(23)27)21-28(22)31-32(2)29-17-8-9-18-30(29)33(31)25-13-4-3-5-14-25/h3-21H,1-2H3/q+1. The van der Waals surface area contributed by atoms with E-state index in [1.165, 1.54) is 55.6 Å². The Morgan fingerprint density at radius 3 is 2.24 bits per heavy atom. The first kappa shape index (κ1) is 19.5. The van der Waals surface area contributed by atoms with Crippen LogP contribution in [0.4, 0.5) is 0 Å². The number of rotatable bonds is 3. The molecule has 0 spiro atoms. The molecule has 0 amide bonds. The summed E-state index contributed by atoms with van der Waals surface area (Å²) >= 11 is 0. The third-order valence-electron chi connectivity index (χ3n) is 6.61. The molecule has 0 aliphatic rings. The highest BCUT2D eigenvalue weighted by Crippen LogP contribution is 2.34. The lowest BCUT2D eigenvalue weighted by molar-refractivity contribution is -0.633. The van der Waals surface area contributed by atoms with Crippen LogP contribution in [0.25, 0.3) is 50.0 Å². The van der Waals surface area contributed by atoms with Crippen LogP contribution in [-0.4, -0.2) is 4.57 Å². The summed E-state index contributed by atoms with van der Waals surface area (Å²) in [6.07, 6.45) is 0. The van der Waals surface area contributed by atoms with E-state index in [1.54, 1.807) is 0 Å². The predicted molar refractivity (Wildman–Crippen MR) is 138 cm³/mol. The van der Waals surface area contributed by atoms with E-state index < -0.39 is 0 Å². The van der Waals surface area contributed by atoms with Gasteiger partial charge in [-0.25, -0.2) is 4.57 Å². The van der Waals surface area contributed by atoms with Gasteiger partial charge in [0, 0.05) is 0 Å². The molecular weight excluding hydrogens is 400 g/mol. The summed E-state index contributed by atoms with van der Waals surface area (Å²) in [5.74, 6) is 1.18. The Morgan fingerprint density at radius 1 is 0.636 bits per heavy atom. The Labute approximate surface area is 194 Å². The smallest absolute Gasteiger partial charge is 0.225 e. The van der Waals surface area contributed by atoms with Gasteiger partial charge in [0.1, 0.15) is 5.69 Å². The van der Waals surface area contributed by atoms with Crippen molar-refractivity contribution in [2.45, 2.75) is 6.92 Å². The number of nitrogens with zero attached hydrogens (tertiary/aromatic N) is 2. The Bertz CT molecular complexity index is 1620. The maximum atomic E-state index is 2.38. The van der Waals surface area contributed by atoms with Crippen LogP contribution in [0.1, 0.15) is 5.56 Å². The van der Waals surface area contributed by atoms with E-state index in [0.717, 1.165) is 0 Å². The van der Waals surface area contributed by atoms with Crippen molar-refractivity contribution in [3.8, 4) is 28.2 Å². The van der Waals surface area contributed by atoms with Gasteiger partial charge in [0.25, 0.3) is 5.82 Å². The highest BCUT2D eigenvalue weighted by Gasteiger charge is 2.27. The number of fused-ring (bicyclic) bond motifs is 2. The predicted octanol–water partition coefficient (Wildman–Crippen LogP) is 7.25. The molecule has 6 rings (SSSR count). The van der Waals surface area contributed by atoms with E-state index in [0.29, 0.717) is 0 Å². The zero-order valence-corrected chi connectivity index (χ0v) is 18.9. The first-order valence-electron chi connectivity index (χ1n) is 11.4. The highest BCUT2D eigenvalue weighted by atomic mass is 15.2. The van der Waals surface area contributed by atoms with E-state index in [2.05, 4.69) is 138 Å². The molecule has 2 heteroatoms. The molecule has 1 aromatic heterocycles. The summed E-state index contributed by atoms with van der Waals surface area (Å²) in [5.41, 5.74) is 8.58. The van der Waals surface area contributed by atoms with Gasteiger partial charge in [0.05, 0.1) is 12.6 Å². The quantitative estimate of drug-likeness (QED) is 0.264. The molecule has 2 nitrogen and oxygen atoms in total. The molecule has 0 fully saturated rings. The minimum atomic E-state index is 1.17. The average molecular weight is 426 g/mol. The van der Waals surface area contributed by atoms with Crippen LogP contribution in [-0.2, 0) is 7.05 Å². The highest BCUT2D eigenvalue weighted by molar-refractivity contribution is 5.97. The van der Waals surface area contributed by atoms with Crippen molar-refractivity contribution in [1.82, 2.24) is 4.57 Å². The van der Waals surface area contributed by atoms with Crippen molar-refractivity contribution < 1.29 is 4.57 Å². The maximum absolute atomic E-state index is 2.38. The zero-order valence-electron chi connectivity index (χ0n) is 18.9. The van der Waals surface area contributed by atoms with E-state index in [9.17, 15) is 0 Å². The third-order valence-corrected chi connectivity index (χ3v) is 6.61. The fourth-order valence-corrected chi connectivity index (χ4v) is 4.96. The largest absolute Gasteiger partial charge is 0.295 e. The van der Waals surface area contributed by atoms with E-state index in [-0.39, 0.29) is 0 Å². The molecule has 0 unspecified atom stereocenters. The van der Waals surface area contributed by atoms with Crippen LogP contribution in [0.2, 0.25) is 0 Å². The number of hydrogen-bond donors (Lipinski definition) is 0. The van der Waals surface area contributed by atoms with Gasteiger partial charge in [-0.2, -0.15) is 4.57 Å². The minimum Gasteiger partial charge on any atom is -0.225 e. The first-order valence-corrected chi connectivity index (χ1v) is 11.4. The maximum Gasteiger partial charge on any atom is 0.295 e. The fraction of sp³-hybridized carbons (Fsp3) is 0.0645. The zero-order chi connectivity index (χ0) is 22.4. The first-order chi connectivity index (χ1) is 16.2. The number of aromatic nitrogens is 2. The van der Waals surface area contributed by atoms with Crippen LogP contribution in [0, 0.1) is 6.92 Å². The lowest BCUT2D eigenvalue weighted by atomic mass is 9.95. The topological polar surface area (TPSA) is 8.81 Å². The molecule has 0 atom stereocenters. The van der Waals surface area contributed by atoms with Crippen LogP contribution < -0.4 is 4.57 Å². The van der Waals surface area contributed by atoms with Crippen molar-refractivity contribution in [2.75, 3.05) is 0 Å². The molecule has 6 aromatic rings. The van der Waals surface area contributed by atoms with Gasteiger partial charge in [-0.15, -0.1) is 0 Å². The van der Waals surface area contributed by atoms with Crippen LogP contribution in [0.5, 0.6) is 0 Å². The monoisotopic (exact) mass is 425 g/mol. The Balaban J connectivity index is 1.66. The lowest BCUT2D eigenvalue weighted by Gasteiger charge is -2.11. The van der Waals surface area contributed by atoms with Gasteiger partial charge >= 0.3 is 0 Å². The summed E-state index contributed by atoms with van der Waals surface area (Å²) in [4.78, 5) is 0. The molecule has 5 aromatic carbocycles. The Kier molecular flexibility index (Phi) is 4.58. The molecule has 0 aliphatic heterocycles. The number of benzene rings is 5. The molecule has 0 saturated carbocycles. The van der Waals surface area contributed by atoms with Gasteiger partial charge in [-0.1, -0.05) is 84.9 Å². The second-order valence-corrected chi connectivity index (χ2v) is 8.60. The SMILES string of the molecule is Cc1ccc(-c2cccc3ccccc23)cc1-c1n(-c2ccccc2)c2ccccc2[n+]1C. The molecule has 1 heterocycles. The molecule has 0 saturated heterocycles. The van der Waals surface area contributed by atoms with Crippen LogP contribution >= 0.6 is 0 Å². The van der Waals surface area contributed by atoms with Crippen LogP contribution in [0.15, 0.2) is 115 Å². The summed E-state index contributed by atoms with van der Waals surface area (Å²) in [7, 11) is 2.17. The number of aryl methyl sites for hydroxylation is 2. The Hall–Kier alpha value is -4.17. The molecule has 0 bridgehead atoms. The van der Waals surface area contributed by atoms with Crippen molar-refractivity contribution >= 4 is 21.8 Å². The van der Waals surface area contributed by atoms with E-state index >= 15 is 0 Å².